The zero-order chi connectivity index (χ0) is 14.0. The number of H-pyrrole nitrogens is 2. The summed E-state index contributed by atoms with van der Waals surface area (Å²) in [6.45, 7) is 1.65. The van der Waals surface area contributed by atoms with Crippen molar-refractivity contribution >= 4 is 0 Å². The first-order valence-corrected chi connectivity index (χ1v) is 5.61. The second kappa shape index (κ2) is 5.13. The lowest BCUT2D eigenvalue weighted by Gasteiger charge is -2.12. The molecule has 0 aliphatic heterocycles. The van der Waals surface area contributed by atoms with Crippen molar-refractivity contribution in [3.63, 3.8) is 0 Å². The fraction of sp³-hybridized carbons (Fsp3) is 0.250. The van der Waals surface area contributed by atoms with Crippen LogP contribution in [0, 0.1) is 11.6 Å². The third-order valence-corrected chi connectivity index (χ3v) is 2.73. The molecule has 0 saturated carbocycles. The van der Waals surface area contributed by atoms with Gasteiger partial charge in [-0.1, -0.05) is 19.1 Å². The van der Waals surface area contributed by atoms with Gasteiger partial charge in [-0.25, -0.2) is 18.4 Å². The van der Waals surface area contributed by atoms with E-state index in [-0.39, 0.29) is 17.8 Å². The molecule has 0 amide bonds. The molecular formula is C12H11F2N3O2. The maximum atomic E-state index is 13.6. The monoisotopic (exact) mass is 267 g/mol. The Morgan fingerprint density at radius 1 is 1.26 bits per heavy atom. The van der Waals surface area contributed by atoms with Crippen LogP contribution in [0.25, 0.3) is 0 Å². The Labute approximate surface area is 106 Å². The first-order valence-electron chi connectivity index (χ1n) is 5.61. The maximum Gasteiger partial charge on any atom is 0.350 e. The molecule has 0 aliphatic carbocycles. The van der Waals surface area contributed by atoms with E-state index in [1.54, 1.807) is 6.92 Å². The number of benzene rings is 1. The van der Waals surface area contributed by atoms with Gasteiger partial charge in [0.25, 0.3) is 0 Å². The molecule has 1 aromatic heterocycles. The Kier molecular flexibility index (Phi) is 3.55. The van der Waals surface area contributed by atoms with E-state index in [9.17, 15) is 18.4 Å². The molecule has 5 nitrogen and oxygen atoms in total. The van der Waals surface area contributed by atoms with Gasteiger partial charge in [0, 0.05) is 6.42 Å². The van der Waals surface area contributed by atoms with Gasteiger partial charge in [0.1, 0.15) is 5.82 Å². The minimum atomic E-state index is -0.934. The molecule has 0 spiro atoms. The molecule has 1 heterocycles. The number of nitrogens with one attached hydrogen (secondary N) is 2. The molecule has 0 bridgehead atoms. The van der Waals surface area contributed by atoms with E-state index >= 15 is 0 Å². The van der Waals surface area contributed by atoms with Crippen molar-refractivity contribution in [2.24, 2.45) is 0 Å². The van der Waals surface area contributed by atoms with Crippen LogP contribution < -0.4 is 11.4 Å². The highest BCUT2D eigenvalue weighted by atomic mass is 19.2. The summed E-state index contributed by atoms with van der Waals surface area (Å²) < 4.78 is 26.7. The van der Waals surface area contributed by atoms with E-state index in [4.69, 9.17) is 0 Å². The number of aromatic nitrogens is 3. The van der Waals surface area contributed by atoms with E-state index in [1.807, 2.05) is 4.98 Å². The number of aromatic amines is 2. The lowest BCUT2D eigenvalue weighted by Crippen LogP contribution is -2.27. The molecule has 19 heavy (non-hydrogen) atoms. The van der Waals surface area contributed by atoms with Crippen LogP contribution in [-0.4, -0.2) is 15.0 Å². The molecule has 1 unspecified atom stereocenters. The Hall–Kier alpha value is -2.31. The standard InChI is InChI=1S/C12H11F2N3O2/c1-6(7-3-2-4-8(13)10(7)14)5-9-15-11(18)17-12(19)16-9/h2-4,6H,5H2,1H3,(H2,15,16,17,18,19). The highest BCUT2D eigenvalue weighted by Gasteiger charge is 2.15. The fourth-order valence-corrected chi connectivity index (χ4v) is 1.84. The molecule has 100 valence electrons. The predicted molar refractivity (Wildman–Crippen MR) is 64.0 cm³/mol. The summed E-state index contributed by atoms with van der Waals surface area (Å²) in [4.78, 5) is 29.9. The summed E-state index contributed by atoms with van der Waals surface area (Å²) in [6.07, 6.45) is 0.125. The third-order valence-electron chi connectivity index (χ3n) is 2.73. The average Bonchev–Trinajstić information content (AvgIpc) is 2.31. The zero-order valence-corrected chi connectivity index (χ0v) is 10.0. The minimum absolute atomic E-state index is 0.125. The minimum Gasteiger partial charge on any atom is -0.295 e. The van der Waals surface area contributed by atoms with Crippen molar-refractivity contribution in [1.29, 1.82) is 0 Å². The van der Waals surface area contributed by atoms with Crippen molar-refractivity contribution in [3.8, 4) is 0 Å². The number of halogens is 2. The third kappa shape index (κ3) is 2.93. The first-order chi connectivity index (χ1) is 8.97. The van der Waals surface area contributed by atoms with Crippen LogP contribution in [-0.2, 0) is 6.42 Å². The molecule has 0 fully saturated rings. The maximum absolute atomic E-state index is 13.6. The van der Waals surface area contributed by atoms with Gasteiger partial charge in [0.15, 0.2) is 11.6 Å². The quantitative estimate of drug-likeness (QED) is 0.873. The van der Waals surface area contributed by atoms with E-state index in [0.29, 0.717) is 0 Å². The molecule has 7 heteroatoms. The normalized spacial score (nSPS) is 12.4. The number of hydrogen-bond acceptors (Lipinski definition) is 3. The summed E-state index contributed by atoms with van der Waals surface area (Å²) in [5.41, 5.74) is -1.28. The van der Waals surface area contributed by atoms with Crippen molar-refractivity contribution in [3.05, 3.63) is 62.2 Å². The SMILES string of the molecule is CC(Cc1nc(=O)[nH]c(=O)[nH]1)c1cccc(F)c1F. The zero-order valence-electron chi connectivity index (χ0n) is 10.0. The van der Waals surface area contributed by atoms with Gasteiger partial charge in [-0.3, -0.25) is 9.97 Å². The highest BCUT2D eigenvalue weighted by molar-refractivity contribution is 5.23. The first kappa shape index (κ1) is 13.1. The largest absolute Gasteiger partial charge is 0.350 e. The summed E-state index contributed by atoms with van der Waals surface area (Å²) in [5, 5.41) is 0. The summed E-state index contributed by atoms with van der Waals surface area (Å²) in [5.74, 6) is -2.16. The highest BCUT2D eigenvalue weighted by Crippen LogP contribution is 2.22. The molecule has 0 saturated heterocycles. The molecule has 2 aromatic rings. The van der Waals surface area contributed by atoms with Gasteiger partial charge in [-0.05, 0) is 17.5 Å². The average molecular weight is 267 g/mol. The van der Waals surface area contributed by atoms with Gasteiger partial charge in [-0.15, -0.1) is 0 Å². The van der Waals surface area contributed by atoms with Crippen LogP contribution in [0.15, 0.2) is 27.8 Å². The second-order valence-electron chi connectivity index (χ2n) is 4.19. The molecule has 0 aliphatic rings. The van der Waals surface area contributed by atoms with Gasteiger partial charge < -0.3 is 0 Å². The summed E-state index contributed by atoms with van der Waals surface area (Å²) in [7, 11) is 0. The lowest BCUT2D eigenvalue weighted by atomic mass is 9.97. The van der Waals surface area contributed by atoms with E-state index < -0.39 is 28.9 Å². The molecule has 1 aromatic carbocycles. The van der Waals surface area contributed by atoms with Crippen LogP contribution in [0.1, 0.15) is 24.2 Å². The molecule has 1 atom stereocenters. The molecule has 2 N–H and O–H groups in total. The second-order valence-corrected chi connectivity index (χ2v) is 4.19. The van der Waals surface area contributed by atoms with Crippen molar-refractivity contribution in [2.75, 3.05) is 0 Å². The van der Waals surface area contributed by atoms with Crippen molar-refractivity contribution < 1.29 is 8.78 Å². The van der Waals surface area contributed by atoms with E-state index in [0.717, 1.165) is 6.07 Å². The van der Waals surface area contributed by atoms with Gasteiger partial charge in [0.2, 0.25) is 0 Å². The topological polar surface area (TPSA) is 78.6 Å². The van der Waals surface area contributed by atoms with E-state index in [2.05, 4.69) is 9.97 Å². The Morgan fingerprint density at radius 2 is 2.00 bits per heavy atom. The molecule has 2 rings (SSSR count). The Bertz CT molecular complexity index is 680. The lowest BCUT2D eigenvalue weighted by molar-refractivity contribution is 0.489. The number of hydrogen-bond donors (Lipinski definition) is 2. The smallest absolute Gasteiger partial charge is 0.295 e. The fourth-order valence-electron chi connectivity index (χ4n) is 1.84. The Balaban J connectivity index is 2.30. The number of nitrogens with zero attached hydrogens (tertiary/aromatic N) is 1. The molecule has 0 radical (unpaired) electrons. The summed E-state index contributed by atoms with van der Waals surface area (Å²) >= 11 is 0. The van der Waals surface area contributed by atoms with Gasteiger partial charge >= 0.3 is 11.4 Å². The van der Waals surface area contributed by atoms with Gasteiger partial charge in [-0.2, -0.15) is 4.98 Å². The van der Waals surface area contributed by atoms with Crippen LogP contribution in [0.5, 0.6) is 0 Å². The van der Waals surface area contributed by atoms with Crippen LogP contribution in [0.3, 0.4) is 0 Å². The van der Waals surface area contributed by atoms with Gasteiger partial charge in [0.05, 0.1) is 0 Å². The number of rotatable bonds is 3. The predicted octanol–water partition coefficient (Wildman–Crippen LogP) is 1.08. The van der Waals surface area contributed by atoms with Crippen molar-refractivity contribution in [2.45, 2.75) is 19.3 Å². The van der Waals surface area contributed by atoms with E-state index in [1.165, 1.54) is 12.1 Å². The summed E-state index contributed by atoms with van der Waals surface area (Å²) in [6, 6.07) is 3.88. The van der Waals surface area contributed by atoms with Crippen LogP contribution in [0.4, 0.5) is 8.78 Å². The molecular weight excluding hydrogens is 256 g/mol. The van der Waals surface area contributed by atoms with Crippen LogP contribution in [0.2, 0.25) is 0 Å². The van der Waals surface area contributed by atoms with Crippen LogP contribution >= 0.6 is 0 Å². The van der Waals surface area contributed by atoms with Crippen molar-refractivity contribution in [1.82, 2.24) is 15.0 Å². The Morgan fingerprint density at radius 3 is 2.68 bits per heavy atom.